The van der Waals surface area contributed by atoms with Gasteiger partial charge in [-0.2, -0.15) is 5.26 Å². The number of anilines is 2. The number of rotatable bonds is 2. The number of hydrogen-bond acceptors (Lipinski definition) is 7. The van der Waals surface area contributed by atoms with Crippen molar-refractivity contribution in [2.45, 2.75) is 6.10 Å². The van der Waals surface area contributed by atoms with E-state index in [1.54, 1.807) is 6.07 Å². The number of morpholine rings is 1. The third-order valence-corrected chi connectivity index (χ3v) is 2.33. The Morgan fingerprint density at radius 3 is 3.25 bits per heavy atom. The summed E-state index contributed by atoms with van der Waals surface area (Å²) in [5.74, 6) is 6.55. The van der Waals surface area contributed by atoms with E-state index in [2.05, 4.69) is 21.5 Å². The molecular formula is C9H12N6O. The molecule has 0 saturated carbocycles. The van der Waals surface area contributed by atoms with Gasteiger partial charge in [-0.3, -0.25) is 0 Å². The van der Waals surface area contributed by atoms with Crippen LogP contribution in [-0.4, -0.2) is 35.8 Å². The van der Waals surface area contributed by atoms with Crippen LogP contribution in [0.1, 0.15) is 0 Å². The maximum atomic E-state index is 8.79. The van der Waals surface area contributed by atoms with E-state index in [-0.39, 0.29) is 0 Å². The van der Waals surface area contributed by atoms with E-state index >= 15 is 0 Å². The van der Waals surface area contributed by atoms with E-state index in [1.165, 1.54) is 6.33 Å². The number of nitrogen functional groups attached to an aromatic ring is 1. The van der Waals surface area contributed by atoms with Crippen LogP contribution in [0.2, 0.25) is 0 Å². The Morgan fingerprint density at radius 1 is 1.62 bits per heavy atom. The van der Waals surface area contributed by atoms with E-state index in [0.717, 1.165) is 5.82 Å². The van der Waals surface area contributed by atoms with Crippen molar-refractivity contribution in [1.29, 1.82) is 5.26 Å². The van der Waals surface area contributed by atoms with Crippen LogP contribution in [0, 0.1) is 11.3 Å². The zero-order valence-corrected chi connectivity index (χ0v) is 8.63. The van der Waals surface area contributed by atoms with E-state index < -0.39 is 6.10 Å². The summed E-state index contributed by atoms with van der Waals surface area (Å²) in [5, 5.41) is 8.79. The van der Waals surface area contributed by atoms with Crippen molar-refractivity contribution in [1.82, 2.24) is 9.97 Å². The second-order valence-electron chi connectivity index (χ2n) is 3.34. The number of hydrogen-bond donors (Lipinski definition) is 2. The number of ether oxygens (including phenoxy) is 1. The summed E-state index contributed by atoms with van der Waals surface area (Å²) in [6.07, 6.45) is 1.03. The highest BCUT2D eigenvalue weighted by atomic mass is 16.5. The Kier molecular flexibility index (Phi) is 3.14. The van der Waals surface area contributed by atoms with Crippen molar-refractivity contribution in [3.63, 3.8) is 0 Å². The predicted molar refractivity (Wildman–Crippen MR) is 57.4 cm³/mol. The molecule has 16 heavy (non-hydrogen) atoms. The van der Waals surface area contributed by atoms with Gasteiger partial charge >= 0.3 is 0 Å². The molecule has 2 rings (SSSR count). The second-order valence-corrected chi connectivity index (χ2v) is 3.34. The summed E-state index contributed by atoms with van der Waals surface area (Å²) in [5.41, 5.74) is 2.46. The largest absolute Gasteiger partial charge is 0.360 e. The highest BCUT2D eigenvalue weighted by molar-refractivity contribution is 5.48. The van der Waals surface area contributed by atoms with Gasteiger partial charge in [0.2, 0.25) is 0 Å². The van der Waals surface area contributed by atoms with Crippen LogP contribution in [0.3, 0.4) is 0 Å². The summed E-state index contributed by atoms with van der Waals surface area (Å²) >= 11 is 0. The fraction of sp³-hybridized carbons (Fsp3) is 0.444. The molecule has 7 nitrogen and oxygen atoms in total. The zero-order chi connectivity index (χ0) is 11.4. The van der Waals surface area contributed by atoms with E-state index in [9.17, 15) is 0 Å². The molecule has 1 aliphatic heterocycles. The fourth-order valence-electron chi connectivity index (χ4n) is 1.53. The maximum Gasteiger partial charge on any atom is 0.161 e. The molecule has 1 aromatic rings. The standard InChI is InChI=1S/C9H12N6O/c10-4-7-5-15(1-2-16-7)9-3-8(14-11)12-6-13-9/h3,6-7H,1-2,5,11H2,(H,12,13,14). The van der Waals surface area contributed by atoms with Crippen LogP contribution in [0.15, 0.2) is 12.4 Å². The average Bonchev–Trinajstić information content (AvgIpc) is 2.39. The first-order valence-electron chi connectivity index (χ1n) is 4.88. The van der Waals surface area contributed by atoms with Gasteiger partial charge in [-0.05, 0) is 0 Å². The van der Waals surface area contributed by atoms with Crippen LogP contribution in [-0.2, 0) is 4.74 Å². The van der Waals surface area contributed by atoms with Crippen molar-refractivity contribution in [3.05, 3.63) is 12.4 Å². The van der Waals surface area contributed by atoms with Crippen LogP contribution in [0.5, 0.6) is 0 Å². The Morgan fingerprint density at radius 2 is 2.50 bits per heavy atom. The molecule has 3 N–H and O–H groups in total. The van der Waals surface area contributed by atoms with Gasteiger partial charge in [-0.25, -0.2) is 15.8 Å². The molecule has 1 saturated heterocycles. The van der Waals surface area contributed by atoms with E-state index in [4.69, 9.17) is 15.8 Å². The first kappa shape index (κ1) is 10.6. The topological polar surface area (TPSA) is 100 Å². The Balaban J connectivity index is 2.14. The molecular weight excluding hydrogens is 208 g/mol. The molecule has 1 fully saturated rings. The summed E-state index contributed by atoms with van der Waals surface area (Å²) in [6, 6.07) is 3.82. The van der Waals surface area contributed by atoms with Crippen molar-refractivity contribution in [3.8, 4) is 6.07 Å². The first-order valence-corrected chi connectivity index (χ1v) is 4.88. The van der Waals surface area contributed by atoms with Gasteiger partial charge in [0, 0.05) is 12.6 Å². The number of hydrazine groups is 1. The van der Waals surface area contributed by atoms with Crippen LogP contribution < -0.4 is 16.2 Å². The van der Waals surface area contributed by atoms with Gasteiger partial charge in [0.25, 0.3) is 0 Å². The maximum absolute atomic E-state index is 8.79. The highest BCUT2D eigenvalue weighted by Gasteiger charge is 2.21. The van der Waals surface area contributed by atoms with Gasteiger partial charge in [0.15, 0.2) is 6.10 Å². The minimum Gasteiger partial charge on any atom is -0.360 e. The van der Waals surface area contributed by atoms with Crippen molar-refractivity contribution in [2.75, 3.05) is 30.0 Å². The second kappa shape index (κ2) is 4.74. The Bertz CT molecular complexity index is 403. The lowest BCUT2D eigenvalue weighted by Crippen LogP contribution is -2.42. The zero-order valence-electron chi connectivity index (χ0n) is 8.63. The van der Waals surface area contributed by atoms with Crippen molar-refractivity contribution < 1.29 is 4.74 Å². The first-order chi connectivity index (χ1) is 7.83. The predicted octanol–water partition coefficient (Wildman–Crippen LogP) is -0.509. The summed E-state index contributed by atoms with van der Waals surface area (Å²) < 4.78 is 5.25. The average molecular weight is 220 g/mol. The SMILES string of the molecule is N#CC1CN(c2cc(NN)ncn2)CCO1. The third-order valence-electron chi connectivity index (χ3n) is 2.33. The van der Waals surface area contributed by atoms with Crippen LogP contribution >= 0.6 is 0 Å². The minimum atomic E-state index is -0.405. The monoisotopic (exact) mass is 220 g/mol. The summed E-state index contributed by atoms with van der Waals surface area (Å²) in [4.78, 5) is 10.0. The molecule has 0 aliphatic carbocycles. The van der Waals surface area contributed by atoms with Crippen molar-refractivity contribution in [2.24, 2.45) is 5.84 Å². The van der Waals surface area contributed by atoms with Crippen molar-refractivity contribution >= 4 is 11.6 Å². The molecule has 84 valence electrons. The molecule has 1 unspecified atom stereocenters. The van der Waals surface area contributed by atoms with Gasteiger partial charge in [-0.15, -0.1) is 0 Å². The summed E-state index contributed by atoms with van der Waals surface area (Å²) in [6.45, 7) is 1.74. The Labute approximate surface area is 92.8 Å². The van der Waals surface area contributed by atoms with E-state index in [0.29, 0.717) is 25.5 Å². The highest BCUT2D eigenvalue weighted by Crippen LogP contribution is 2.16. The molecule has 7 heteroatoms. The van der Waals surface area contributed by atoms with Gasteiger partial charge < -0.3 is 15.1 Å². The third kappa shape index (κ3) is 2.18. The van der Waals surface area contributed by atoms with Gasteiger partial charge in [0.1, 0.15) is 18.0 Å². The molecule has 2 heterocycles. The summed E-state index contributed by atoms with van der Waals surface area (Å²) in [7, 11) is 0. The quantitative estimate of drug-likeness (QED) is 0.511. The molecule has 0 amide bonds. The fourth-order valence-corrected chi connectivity index (χ4v) is 1.53. The number of nitrogens with two attached hydrogens (primary N) is 1. The molecule has 1 aliphatic rings. The number of nitriles is 1. The number of aromatic nitrogens is 2. The minimum absolute atomic E-state index is 0.405. The lowest BCUT2D eigenvalue weighted by atomic mass is 10.3. The van der Waals surface area contributed by atoms with Gasteiger partial charge in [-0.1, -0.05) is 0 Å². The molecule has 0 bridgehead atoms. The smallest absolute Gasteiger partial charge is 0.161 e. The van der Waals surface area contributed by atoms with Gasteiger partial charge in [0.05, 0.1) is 19.2 Å². The lowest BCUT2D eigenvalue weighted by Gasteiger charge is -2.30. The molecule has 0 spiro atoms. The molecule has 1 atom stereocenters. The Hall–Kier alpha value is -1.91. The lowest BCUT2D eigenvalue weighted by molar-refractivity contribution is 0.0761. The number of nitrogens with one attached hydrogen (secondary N) is 1. The molecule has 1 aromatic heterocycles. The molecule has 0 aromatic carbocycles. The van der Waals surface area contributed by atoms with Crippen LogP contribution in [0.25, 0.3) is 0 Å². The normalized spacial score (nSPS) is 20.2. The van der Waals surface area contributed by atoms with Crippen LogP contribution in [0.4, 0.5) is 11.6 Å². The molecule has 0 radical (unpaired) electrons. The number of nitrogens with zero attached hydrogens (tertiary/aromatic N) is 4. The van der Waals surface area contributed by atoms with E-state index in [1.807, 2.05) is 4.90 Å².